The first-order valence-electron chi connectivity index (χ1n) is 10.6. The van der Waals surface area contributed by atoms with Crippen LogP contribution in [0.5, 0.6) is 0 Å². The molecule has 8 nitrogen and oxygen atoms in total. The molecule has 1 aliphatic carbocycles. The number of hydrogen-bond donors (Lipinski definition) is 1. The largest absolute Gasteiger partial charge is 0.364 e. The van der Waals surface area contributed by atoms with Crippen molar-refractivity contribution in [2.45, 2.75) is 31.7 Å². The topological polar surface area (TPSA) is 105 Å². The first-order valence-corrected chi connectivity index (χ1v) is 10.6. The number of amides is 2. The molecule has 2 N–H and O–H groups in total. The Bertz CT molecular complexity index is 1120. The molecular formula is C22H22F2N6O2. The molecule has 2 amide bonds. The normalized spacial score (nSPS) is 23.6. The number of hydrogen-bond acceptors (Lipinski definition) is 6. The molecule has 10 heteroatoms. The number of halogens is 2. The average molecular weight is 440 g/mol. The van der Waals surface area contributed by atoms with E-state index in [1.165, 1.54) is 11.3 Å². The maximum absolute atomic E-state index is 14.4. The lowest BCUT2D eigenvalue weighted by molar-refractivity contribution is -0.140. The van der Waals surface area contributed by atoms with E-state index < -0.39 is 23.6 Å². The number of benzene rings is 1. The van der Waals surface area contributed by atoms with Crippen LogP contribution in [0.1, 0.15) is 47.8 Å². The summed E-state index contributed by atoms with van der Waals surface area (Å²) >= 11 is 0. The maximum atomic E-state index is 14.4. The molecule has 1 aromatic carbocycles. The quantitative estimate of drug-likeness (QED) is 0.786. The number of hydrazone groups is 1. The van der Waals surface area contributed by atoms with Gasteiger partial charge in [-0.3, -0.25) is 9.59 Å². The van der Waals surface area contributed by atoms with Crippen molar-refractivity contribution >= 4 is 23.8 Å². The molecule has 2 aromatic rings. The lowest BCUT2D eigenvalue weighted by atomic mass is 9.81. The summed E-state index contributed by atoms with van der Waals surface area (Å²) in [6.45, 7) is 1.17. The van der Waals surface area contributed by atoms with Crippen molar-refractivity contribution in [1.29, 1.82) is 0 Å². The van der Waals surface area contributed by atoms with E-state index in [4.69, 9.17) is 5.73 Å². The first-order chi connectivity index (χ1) is 15.4. The number of carbonyl (C=O) groups is 2. The fourth-order valence-electron chi connectivity index (χ4n) is 4.88. The maximum Gasteiger partial charge on any atom is 0.267 e. The molecule has 0 radical (unpaired) electrons. The van der Waals surface area contributed by atoms with Crippen LogP contribution in [0.3, 0.4) is 0 Å². The molecule has 2 fully saturated rings. The van der Waals surface area contributed by atoms with Gasteiger partial charge in [-0.05, 0) is 42.9 Å². The fraction of sp³-hybridized carbons (Fsp3) is 0.409. The van der Waals surface area contributed by atoms with Gasteiger partial charge in [0.15, 0.2) is 0 Å². The SMILES string of the molecule is NC(=O)c1cc(N2CCC(C(=O)N3N=CCC3c3cc(F)ccc3F)C3(CC3)C2)ncn1. The van der Waals surface area contributed by atoms with Gasteiger partial charge in [0, 0.05) is 43.3 Å². The highest BCUT2D eigenvalue weighted by atomic mass is 19.1. The Labute approximate surface area is 183 Å². The molecule has 0 bridgehead atoms. The number of aromatic nitrogens is 2. The summed E-state index contributed by atoms with van der Waals surface area (Å²) in [7, 11) is 0. The highest BCUT2D eigenvalue weighted by Crippen LogP contribution is 2.57. The predicted molar refractivity (Wildman–Crippen MR) is 112 cm³/mol. The van der Waals surface area contributed by atoms with E-state index >= 15 is 0 Å². The monoisotopic (exact) mass is 440 g/mol. The Morgan fingerprint density at radius 3 is 2.72 bits per heavy atom. The van der Waals surface area contributed by atoms with Gasteiger partial charge in [0.1, 0.15) is 29.5 Å². The molecule has 1 saturated heterocycles. The lowest BCUT2D eigenvalue weighted by Gasteiger charge is -2.40. The van der Waals surface area contributed by atoms with Crippen LogP contribution < -0.4 is 10.6 Å². The zero-order valence-electron chi connectivity index (χ0n) is 17.2. The Morgan fingerprint density at radius 1 is 1.16 bits per heavy atom. The average Bonchev–Trinajstić information content (AvgIpc) is 3.37. The van der Waals surface area contributed by atoms with Crippen LogP contribution in [-0.4, -0.2) is 46.1 Å². The van der Waals surface area contributed by atoms with Crippen molar-refractivity contribution in [1.82, 2.24) is 15.0 Å². The van der Waals surface area contributed by atoms with Crippen molar-refractivity contribution in [3.8, 4) is 0 Å². The Balaban J connectivity index is 1.35. The van der Waals surface area contributed by atoms with E-state index in [0.717, 1.165) is 31.0 Å². The van der Waals surface area contributed by atoms with Crippen molar-refractivity contribution in [3.05, 3.63) is 53.5 Å². The number of nitrogens with two attached hydrogens (primary N) is 1. The molecule has 2 atom stereocenters. The minimum Gasteiger partial charge on any atom is -0.364 e. The highest BCUT2D eigenvalue weighted by Gasteiger charge is 2.56. The molecule has 3 heterocycles. The van der Waals surface area contributed by atoms with Crippen LogP contribution in [0.15, 0.2) is 35.7 Å². The van der Waals surface area contributed by atoms with Crippen LogP contribution in [0.4, 0.5) is 14.6 Å². The van der Waals surface area contributed by atoms with E-state index in [-0.39, 0.29) is 28.5 Å². The summed E-state index contributed by atoms with van der Waals surface area (Å²) in [5, 5.41) is 5.55. The summed E-state index contributed by atoms with van der Waals surface area (Å²) in [5.74, 6) is -1.56. The van der Waals surface area contributed by atoms with Gasteiger partial charge in [0.25, 0.3) is 5.91 Å². The number of anilines is 1. The van der Waals surface area contributed by atoms with Gasteiger partial charge < -0.3 is 10.6 Å². The Morgan fingerprint density at radius 2 is 1.97 bits per heavy atom. The van der Waals surface area contributed by atoms with Crippen LogP contribution in [0, 0.1) is 23.0 Å². The molecule has 1 aromatic heterocycles. The summed E-state index contributed by atoms with van der Waals surface area (Å²) in [4.78, 5) is 35.2. The Hall–Kier alpha value is -3.43. The zero-order valence-corrected chi connectivity index (χ0v) is 17.2. The molecule has 1 spiro atoms. The smallest absolute Gasteiger partial charge is 0.267 e. The second-order valence-electron chi connectivity index (χ2n) is 8.65. The molecular weight excluding hydrogens is 418 g/mol. The number of carbonyl (C=O) groups excluding carboxylic acids is 2. The van der Waals surface area contributed by atoms with Crippen molar-refractivity contribution < 1.29 is 18.4 Å². The van der Waals surface area contributed by atoms with Gasteiger partial charge >= 0.3 is 0 Å². The molecule has 2 aliphatic heterocycles. The summed E-state index contributed by atoms with van der Waals surface area (Å²) < 4.78 is 28.1. The Kier molecular flexibility index (Phi) is 4.87. The second-order valence-corrected chi connectivity index (χ2v) is 8.65. The number of piperidine rings is 1. The third-order valence-electron chi connectivity index (χ3n) is 6.72. The van der Waals surface area contributed by atoms with Gasteiger partial charge in [-0.2, -0.15) is 5.10 Å². The highest BCUT2D eigenvalue weighted by molar-refractivity contribution is 5.91. The summed E-state index contributed by atoms with van der Waals surface area (Å²) in [6.07, 6.45) is 5.56. The third-order valence-corrected chi connectivity index (χ3v) is 6.72. The van der Waals surface area contributed by atoms with E-state index in [2.05, 4.69) is 15.1 Å². The molecule has 2 unspecified atom stereocenters. The fourth-order valence-corrected chi connectivity index (χ4v) is 4.88. The molecule has 166 valence electrons. The minimum atomic E-state index is -0.646. The van der Waals surface area contributed by atoms with Gasteiger partial charge in [-0.15, -0.1) is 0 Å². The van der Waals surface area contributed by atoms with Gasteiger partial charge in [-0.25, -0.2) is 23.8 Å². The van der Waals surface area contributed by atoms with E-state index in [9.17, 15) is 18.4 Å². The van der Waals surface area contributed by atoms with Gasteiger partial charge in [-0.1, -0.05) is 0 Å². The van der Waals surface area contributed by atoms with Crippen LogP contribution in [-0.2, 0) is 4.79 Å². The van der Waals surface area contributed by atoms with Crippen LogP contribution in [0.25, 0.3) is 0 Å². The molecule has 1 saturated carbocycles. The summed E-state index contributed by atoms with van der Waals surface area (Å²) in [6, 6.07) is 4.19. The standard InChI is InChI=1S/C22H22F2N6O2/c23-13-1-2-16(24)14(9-13)18-3-7-28-30(18)21(32)15-4-8-29(11-22(15)5-6-22)19-10-17(20(25)31)26-12-27-19/h1-2,7,9-10,12,15,18H,3-6,8,11H2,(H2,25,31). The van der Waals surface area contributed by atoms with Crippen molar-refractivity contribution in [2.24, 2.45) is 22.2 Å². The number of rotatable bonds is 4. The predicted octanol–water partition coefficient (Wildman–Crippen LogP) is 2.42. The van der Waals surface area contributed by atoms with Crippen LogP contribution >= 0.6 is 0 Å². The van der Waals surface area contributed by atoms with E-state index in [1.807, 2.05) is 4.90 Å². The van der Waals surface area contributed by atoms with Gasteiger partial charge in [0.2, 0.25) is 5.91 Å². The molecule has 32 heavy (non-hydrogen) atoms. The van der Waals surface area contributed by atoms with Crippen molar-refractivity contribution in [2.75, 3.05) is 18.0 Å². The minimum absolute atomic E-state index is 0.137. The van der Waals surface area contributed by atoms with Crippen molar-refractivity contribution in [3.63, 3.8) is 0 Å². The zero-order chi connectivity index (χ0) is 22.5. The van der Waals surface area contributed by atoms with E-state index in [1.54, 1.807) is 12.3 Å². The van der Waals surface area contributed by atoms with Gasteiger partial charge in [0.05, 0.1) is 6.04 Å². The number of nitrogens with zero attached hydrogens (tertiary/aromatic N) is 5. The second kappa shape index (κ2) is 7.61. The lowest BCUT2D eigenvalue weighted by Crippen LogP contribution is -2.48. The number of primary amides is 1. The molecule has 5 rings (SSSR count). The third kappa shape index (κ3) is 3.49. The first kappa shape index (κ1) is 20.5. The molecule has 3 aliphatic rings. The summed E-state index contributed by atoms with van der Waals surface area (Å²) in [5.41, 5.74) is 5.38. The van der Waals surface area contributed by atoms with E-state index in [0.29, 0.717) is 31.7 Å². The van der Waals surface area contributed by atoms with Crippen LogP contribution in [0.2, 0.25) is 0 Å².